The second-order valence-corrected chi connectivity index (χ2v) is 4.97. The third-order valence-electron chi connectivity index (χ3n) is 2.51. The number of H-pyrrole nitrogens is 1. The molecule has 2 rings (SSSR count). The molecule has 0 aromatic carbocycles. The predicted octanol–water partition coefficient (Wildman–Crippen LogP) is 1.04. The first-order valence-electron chi connectivity index (χ1n) is 5.99. The number of nitrogens with one attached hydrogen (secondary N) is 2. The molecule has 102 valence electrons. The van der Waals surface area contributed by atoms with E-state index >= 15 is 0 Å². The van der Waals surface area contributed by atoms with Crippen LogP contribution in [0.1, 0.15) is 19.2 Å². The zero-order valence-corrected chi connectivity index (χ0v) is 11.9. The molecule has 2 N–H and O–H groups in total. The lowest BCUT2D eigenvalue weighted by Crippen LogP contribution is -2.12. The van der Waals surface area contributed by atoms with Crippen molar-refractivity contribution in [3.8, 4) is 0 Å². The van der Waals surface area contributed by atoms with Crippen molar-refractivity contribution in [3.63, 3.8) is 0 Å². The first kappa shape index (κ1) is 13.6. The first-order chi connectivity index (χ1) is 9.13. The average Bonchev–Trinajstić information content (AvgIpc) is 2.71. The Balaban J connectivity index is 2.31. The van der Waals surface area contributed by atoms with Crippen LogP contribution in [-0.2, 0) is 13.5 Å². The van der Waals surface area contributed by atoms with E-state index in [-0.39, 0.29) is 5.69 Å². The Morgan fingerprint density at radius 1 is 1.47 bits per heavy atom. The number of rotatable bonds is 5. The van der Waals surface area contributed by atoms with Crippen molar-refractivity contribution >= 4 is 17.6 Å². The highest BCUT2D eigenvalue weighted by molar-refractivity contribution is 7.99. The van der Waals surface area contributed by atoms with Gasteiger partial charge in [0.15, 0.2) is 5.16 Å². The van der Waals surface area contributed by atoms with Crippen LogP contribution in [0.5, 0.6) is 0 Å². The van der Waals surface area contributed by atoms with Gasteiger partial charge < -0.3 is 5.32 Å². The quantitative estimate of drug-likeness (QED) is 0.796. The summed E-state index contributed by atoms with van der Waals surface area (Å²) in [6.45, 7) is 2.08. The van der Waals surface area contributed by atoms with E-state index in [1.165, 1.54) is 16.3 Å². The first-order valence-corrected chi connectivity index (χ1v) is 6.80. The molecular weight excluding hydrogens is 264 g/mol. The molecule has 0 amide bonds. The van der Waals surface area contributed by atoms with Crippen LogP contribution in [0.4, 0.5) is 5.82 Å². The summed E-state index contributed by atoms with van der Waals surface area (Å²) < 4.78 is 1.45. The molecule has 0 aliphatic heterocycles. The minimum absolute atomic E-state index is 0.237. The van der Waals surface area contributed by atoms with Gasteiger partial charge in [-0.2, -0.15) is 0 Å². The zero-order valence-electron chi connectivity index (χ0n) is 11.1. The van der Waals surface area contributed by atoms with Crippen LogP contribution in [0.3, 0.4) is 0 Å². The third-order valence-corrected chi connectivity index (χ3v) is 3.48. The molecule has 2 heterocycles. The normalized spacial score (nSPS) is 10.7. The van der Waals surface area contributed by atoms with Crippen molar-refractivity contribution in [1.82, 2.24) is 24.7 Å². The maximum atomic E-state index is 11.3. The topological polar surface area (TPSA) is 88.5 Å². The minimum Gasteiger partial charge on any atom is -0.373 e. The molecule has 0 atom stereocenters. The van der Waals surface area contributed by atoms with Crippen LogP contribution in [0.2, 0.25) is 0 Å². The number of aromatic amines is 1. The second-order valence-electron chi connectivity index (χ2n) is 3.98. The van der Waals surface area contributed by atoms with E-state index in [9.17, 15) is 4.79 Å². The van der Waals surface area contributed by atoms with Gasteiger partial charge in [-0.15, -0.1) is 5.10 Å². The van der Waals surface area contributed by atoms with Gasteiger partial charge in [0.1, 0.15) is 16.7 Å². The Hall–Kier alpha value is -1.83. The molecule has 19 heavy (non-hydrogen) atoms. The Morgan fingerprint density at radius 2 is 2.26 bits per heavy atom. The van der Waals surface area contributed by atoms with Crippen molar-refractivity contribution in [1.29, 1.82) is 0 Å². The van der Waals surface area contributed by atoms with Gasteiger partial charge in [0.05, 0.1) is 0 Å². The molecule has 0 aliphatic carbocycles. The number of nitrogens with zero attached hydrogens (tertiary/aromatic N) is 4. The largest absolute Gasteiger partial charge is 0.373 e. The number of anilines is 1. The molecule has 2 aromatic heterocycles. The molecule has 0 spiro atoms. The van der Waals surface area contributed by atoms with Gasteiger partial charge in [-0.1, -0.05) is 6.92 Å². The molecule has 2 aromatic rings. The second kappa shape index (κ2) is 5.87. The van der Waals surface area contributed by atoms with Gasteiger partial charge in [0.25, 0.3) is 0 Å². The molecule has 8 heteroatoms. The molecule has 0 radical (unpaired) electrons. The number of aryl methyl sites for hydroxylation is 1. The Morgan fingerprint density at radius 3 is 2.84 bits per heavy atom. The zero-order chi connectivity index (χ0) is 13.8. The minimum atomic E-state index is -0.237. The van der Waals surface area contributed by atoms with Gasteiger partial charge in [-0.05, 0) is 18.2 Å². The van der Waals surface area contributed by atoms with E-state index in [2.05, 4.69) is 32.4 Å². The highest BCUT2D eigenvalue weighted by Gasteiger charge is 2.10. The third kappa shape index (κ3) is 3.14. The van der Waals surface area contributed by atoms with E-state index in [4.69, 9.17) is 0 Å². The standard InChI is InChI=1S/C11H16N6OS/c1-4-5-7-13-8(12-2)6-9(14-7)19-11-16-15-10(18)17(11)3/h6H,4-5H2,1-3H3,(H,15,18)(H,12,13,14). The summed E-state index contributed by atoms with van der Waals surface area (Å²) >= 11 is 1.33. The fourth-order valence-corrected chi connectivity index (χ4v) is 2.33. The van der Waals surface area contributed by atoms with Gasteiger partial charge in [0, 0.05) is 26.6 Å². The molecule has 0 aliphatic rings. The van der Waals surface area contributed by atoms with Crippen LogP contribution in [0.15, 0.2) is 21.0 Å². The van der Waals surface area contributed by atoms with Gasteiger partial charge in [-0.3, -0.25) is 4.57 Å². The van der Waals surface area contributed by atoms with E-state index in [1.54, 1.807) is 7.05 Å². The van der Waals surface area contributed by atoms with Crippen molar-refractivity contribution in [3.05, 3.63) is 22.4 Å². The van der Waals surface area contributed by atoms with Crippen molar-refractivity contribution in [2.75, 3.05) is 12.4 Å². The molecule has 0 saturated carbocycles. The SMILES string of the molecule is CCCc1nc(NC)cc(Sc2n[nH]c(=O)n2C)n1. The molecule has 0 unspecified atom stereocenters. The summed E-state index contributed by atoms with van der Waals surface area (Å²) in [5.74, 6) is 1.55. The van der Waals surface area contributed by atoms with Gasteiger partial charge >= 0.3 is 5.69 Å². The summed E-state index contributed by atoms with van der Waals surface area (Å²) in [6.07, 6.45) is 1.81. The summed E-state index contributed by atoms with van der Waals surface area (Å²) in [5, 5.41) is 10.7. The van der Waals surface area contributed by atoms with Crippen LogP contribution in [0.25, 0.3) is 0 Å². The number of hydrogen-bond donors (Lipinski definition) is 2. The highest BCUT2D eigenvalue weighted by Crippen LogP contribution is 2.24. The summed E-state index contributed by atoms with van der Waals surface area (Å²) in [6, 6.07) is 1.84. The van der Waals surface area contributed by atoms with Crippen molar-refractivity contribution < 1.29 is 0 Å². The molecular formula is C11H16N6OS. The lowest BCUT2D eigenvalue weighted by molar-refractivity contribution is 0.762. The average molecular weight is 280 g/mol. The Kier molecular flexibility index (Phi) is 4.20. The van der Waals surface area contributed by atoms with Crippen LogP contribution < -0.4 is 11.0 Å². The van der Waals surface area contributed by atoms with E-state index in [1.807, 2.05) is 13.1 Å². The van der Waals surface area contributed by atoms with Gasteiger partial charge in [-0.25, -0.2) is 19.9 Å². The van der Waals surface area contributed by atoms with Crippen molar-refractivity contribution in [2.24, 2.45) is 7.05 Å². The van der Waals surface area contributed by atoms with Crippen LogP contribution >= 0.6 is 11.8 Å². The Labute approximate surface area is 114 Å². The molecule has 0 bridgehead atoms. The van der Waals surface area contributed by atoms with Crippen molar-refractivity contribution in [2.45, 2.75) is 29.9 Å². The van der Waals surface area contributed by atoms with E-state index in [0.29, 0.717) is 5.16 Å². The number of aromatic nitrogens is 5. The lowest BCUT2D eigenvalue weighted by Gasteiger charge is -2.06. The maximum absolute atomic E-state index is 11.3. The summed E-state index contributed by atoms with van der Waals surface area (Å²) in [7, 11) is 3.48. The van der Waals surface area contributed by atoms with E-state index in [0.717, 1.165) is 29.5 Å². The molecule has 7 nitrogen and oxygen atoms in total. The number of hydrogen-bond acceptors (Lipinski definition) is 6. The smallest absolute Gasteiger partial charge is 0.343 e. The van der Waals surface area contributed by atoms with Crippen LogP contribution in [0, 0.1) is 0 Å². The predicted molar refractivity (Wildman–Crippen MR) is 73.5 cm³/mol. The fraction of sp³-hybridized carbons (Fsp3) is 0.455. The molecule has 0 saturated heterocycles. The monoisotopic (exact) mass is 280 g/mol. The maximum Gasteiger partial charge on any atom is 0.343 e. The van der Waals surface area contributed by atoms with E-state index < -0.39 is 0 Å². The summed E-state index contributed by atoms with van der Waals surface area (Å²) in [4.78, 5) is 20.1. The fourth-order valence-electron chi connectivity index (χ4n) is 1.51. The highest BCUT2D eigenvalue weighted by atomic mass is 32.2. The Bertz CT molecular complexity index is 620. The lowest BCUT2D eigenvalue weighted by atomic mass is 10.3. The summed E-state index contributed by atoms with van der Waals surface area (Å²) in [5.41, 5.74) is -0.237. The van der Waals surface area contributed by atoms with Crippen LogP contribution in [-0.4, -0.2) is 31.8 Å². The van der Waals surface area contributed by atoms with Gasteiger partial charge in [0.2, 0.25) is 0 Å². The molecule has 0 fully saturated rings.